The van der Waals surface area contributed by atoms with E-state index in [2.05, 4.69) is 4.90 Å². The highest BCUT2D eigenvalue weighted by atomic mass is 35.5. The summed E-state index contributed by atoms with van der Waals surface area (Å²) >= 11 is 5.78. The molecule has 0 aromatic carbocycles. The summed E-state index contributed by atoms with van der Waals surface area (Å²) in [6.45, 7) is 2.14. The molecule has 0 aromatic rings. The molecule has 1 N–H and O–H groups in total. The zero-order chi connectivity index (χ0) is 7.84. The van der Waals surface area contributed by atoms with Crippen molar-refractivity contribution in [1.82, 2.24) is 4.90 Å². The van der Waals surface area contributed by atoms with E-state index < -0.39 is 0 Å². The Balaban J connectivity index is 2.10. The number of piperidine rings is 3. The van der Waals surface area contributed by atoms with Gasteiger partial charge in [0.2, 0.25) is 0 Å². The molecular formula is C8H14ClNO. The van der Waals surface area contributed by atoms with E-state index in [9.17, 15) is 5.11 Å². The minimum atomic E-state index is -0.250. The van der Waals surface area contributed by atoms with Gasteiger partial charge >= 0.3 is 0 Å². The van der Waals surface area contributed by atoms with Crippen LogP contribution in [0.5, 0.6) is 0 Å². The number of aliphatic hydroxyl groups excluding tert-OH is 1. The second-order valence-electron chi connectivity index (χ2n) is 3.61. The molecule has 11 heavy (non-hydrogen) atoms. The summed E-state index contributed by atoms with van der Waals surface area (Å²) < 4.78 is 0. The van der Waals surface area contributed by atoms with Gasteiger partial charge in [0.15, 0.2) is 0 Å². The van der Waals surface area contributed by atoms with Gasteiger partial charge in [-0.05, 0) is 18.8 Å². The van der Waals surface area contributed by atoms with Crippen molar-refractivity contribution >= 4 is 11.6 Å². The largest absolute Gasteiger partial charge is 0.378 e. The number of hydrogen-bond acceptors (Lipinski definition) is 2. The van der Waals surface area contributed by atoms with E-state index in [0.29, 0.717) is 17.7 Å². The molecule has 3 aliphatic heterocycles. The van der Waals surface area contributed by atoms with Crippen LogP contribution in [0, 0.1) is 11.8 Å². The molecule has 2 unspecified atom stereocenters. The monoisotopic (exact) mass is 175 g/mol. The zero-order valence-electron chi connectivity index (χ0n) is 6.54. The van der Waals surface area contributed by atoms with Crippen molar-refractivity contribution in [3.63, 3.8) is 0 Å². The number of rotatable bonds is 1. The first-order chi connectivity index (χ1) is 5.33. The van der Waals surface area contributed by atoms with Crippen molar-refractivity contribution in [3.8, 4) is 0 Å². The SMILES string of the molecule is OC1C(CCl)C2CCN1CC2. The van der Waals surface area contributed by atoms with E-state index in [0.717, 1.165) is 13.1 Å². The van der Waals surface area contributed by atoms with Gasteiger partial charge < -0.3 is 5.11 Å². The Hall–Kier alpha value is 0.210. The van der Waals surface area contributed by atoms with Crippen molar-refractivity contribution < 1.29 is 5.11 Å². The Morgan fingerprint density at radius 1 is 1.36 bits per heavy atom. The topological polar surface area (TPSA) is 23.5 Å². The summed E-state index contributed by atoms with van der Waals surface area (Å²) in [4.78, 5) is 2.15. The predicted octanol–water partition coefficient (Wildman–Crippen LogP) is 0.885. The molecule has 3 fully saturated rings. The Morgan fingerprint density at radius 2 is 2.00 bits per heavy atom. The first-order valence-corrected chi connectivity index (χ1v) is 4.84. The first kappa shape index (κ1) is 7.84. The van der Waals surface area contributed by atoms with Crippen LogP contribution < -0.4 is 0 Å². The molecule has 0 aliphatic carbocycles. The normalized spacial score (nSPS) is 49.6. The van der Waals surface area contributed by atoms with Gasteiger partial charge in [0.05, 0.1) is 0 Å². The number of nitrogens with zero attached hydrogens (tertiary/aromatic N) is 1. The summed E-state index contributed by atoms with van der Waals surface area (Å²) in [5, 5.41) is 9.70. The molecule has 0 spiro atoms. The lowest BCUT2D eigenvalue weighted by Crippen LogP contribution is -2.55. The quantitative estimate of drug-likeness (QED) is 0.599. The maximum absolute atomic E-state index is 9.70. The van der Waals surface area contributed by atoms with E-state index in [1.54, 1.807) is 0 Å². The highest BCUT2D eigenvalue weighted by Gasteiger charge is 2.40. The molecular weight excluding hydrogens is 162 g/mol. The lowest BCUT2D eigenvalue weighted by atomic mass is 9.79. The standard InChI is InChI=1S/C8H14ClNO/c9-5-7-6-1-3-10(4-2-6)8(7)11/h6-8,11H,1-5H2. The van der Waals surface area contributed by atoms with Gasteiger partial charge in [0, 0.05) is 24.9 Å². The van der Waals surface area contributed by atoms with Gasteiger partial charge in [0.1, 0.15) is 6.23 Å². The average Bonchev–Trinajstić information content (AvgIpc) is 2.06. The molecule has 3 heterocycles. The summed E-state index contributed by atoms with van der Waals surface area (Å²) in [7, 11) is 0. The van der Waals surface area contributed by atoms with Gasteiger partial charge in [-0.15, -0.1) is 11.6 Å². The molecule has 0 amide bonds. The van der Waals surface area contributed by atoms with Gasteiger partial charge in [-0.3, -0.25) is 4.90 Å². The highest BCUT2D eigenvalue weighted by molar-refractivity contribution is 6.18. The predicted molar refractivity (Wildman–Crippen MR) is 44.5 cm³/mol. The molecule has 64 valence electrons. The van der Waals surface area contributed by atoms with E-state index in [4.69, 9.17) is 11.6 Å². The van der Waals surface area contributed by atoms with Gasteiger partial charge in [-0.2, -0.15) is 0 Å². The van der Waals surface area contributed by atoms with E-state index in [1.165, 1.54) is 12.8 Å². The van der Waals surface area contributed by atoms with Crippen LogP contribution in [0.2, 0.25) is 0 Å². The lowest BCUT2D eigenvalue weighted by Gasteiger charge is -2.48. The molecule has 0 aromatic heterocycles. The van der Waals surface area contributed by atoms with Gasteiger partial charge in [-0.1, -0.05) is 0 Å². The number of aliphatic hydroxyl groups is 1. The Kier molecular flexibility index (Phi) is 2.08. The number of hydrogen-bond donors (Lipinski definition) is 1. The molecule has 2 bridgehead atoms. The maximum atomic E-state index is 9.70. The number of alkyl halides is 1. The number of fused-ring (bicyclic) bond motifs is 3. The third-order valence-electron chi connectivity index (χ3n) is 3.11. The third-order valence-corrected chi connectivity index (χ3v) is 3.47. The van der Waals surface area contributed by atoms with E-state index in [-0.39, 0.29) is 6.23 Å². The third kappa shape index (κ3) is 1.17. The van der Waals surface area contributed by atoms with Crippen LogP contribution in [-0.2, 0) is 0 Å². The van der Waals surface area contributed by atoms with Crippen LogP contribution >= 0.6 is 11.6 Å². The highest BCUT2D eigenvalue weighted by Crippen LogP contribution is 2.36. The summed E-state index contributed by atoms with van der Waals surface area (Å²) in [5.74, 6) is 1.63. The van der Waals surface area contributed by atoms with E-state index in [1.807, 2.05) is 0 Å². The fraction of sp³-hybridized carbons (Fsp3) is 1.00. The van der Waals surface area contributed by atoms with Crippen LogP contribution in [0.25, 0.3) is 0 Å². The molecule has 2 nitrogen and oxygen atoms in total. The van der Waals surface area contributed by atoms with Crippen LogP contribution in [0.1, 0.15) is 12.8 Å². The molecule has 3 heteroatoms. The summed E-state index contributed by atoms with van der Waals surface area (Å²) in [6, 6.07) is 0. The van der Waals surface area contributed by atoms with Crippen LogP contribution in [-0.4, -0.2) is 35.2 Å². The van der Waals surface area contributed by atoms with Crippen molar-refractivity contribution in [3.05, 3.63) is 0 Å². The van der Waals surface area contributed by atoms with Gasteiger partial charge in [0.25, 0.3) is 0 Å². The average molecular weight is 176 g/mol. The number of halogens is 1. The van der Waals surface area contributed by atoms with Crippen molar-refractivity contribution in [2.75, 3.05) is 19.0 Å². The minimum Gasteiger partial charge on any atom is -0.378 e. The lowest BCUT2D eigenvalue weighted by molar-refractivity contribution is -0.117. The molecule has 0 radical (unpaired) electrons. The smallest absolute Gasteiger partial charge is 0.111 e. The van der Waals surface area contributed by atoms with Crippen molar-refractivity contribution in [2.45, 2.75) is 19.1 Å². The summed E-state index contributed by atoms with van der Waals surface area (Å²) in [5.41, 5.74) is 0. The van der Waals surface area contributed by atoms with Crippen LogP contribution in [0.4, 0.5) is 0 Å². The van der Waals surface area contributed by atoms with Gasteiger partial charge in [-0.25, -0.2) is 0 Å². The molecule has 2 atom stereocenters. The van der Waals surface area contributed by atoms with Crippen molar-refractivity contribution in [1.29, 1.82) is 0 Å². The Bertz CT molecular complexity index is 143. The van der Waals surface area contributed by atoms with Crippen LogP contribution in [0.3, 0.4) is 0 Å². The molecule has 3 saturated heterocycles. The fourth-order valence-electron chi connectivity index (χ4n) is 2.33. The fourth-order valence-corrected chi connectivity index (χ4v) is 2.74. The second kappa shape index (κ2) is 2.92. The maximum Gasteiger partial charge on any atom is 0.111 e. The molecule has 3 rings (SSSR count). The Morgan fingerprint density at radius 3 is 2.36 bits per heavy atom. The second-order valence-corrected chi connectivity index (χ2v) is 3.91. The molecule has 0 saturated carbocycles. The molecule has 3 aliphatic rings. The Labute approximate surface area is 72.1 Å². The zero-order valence-corrected chi connectivity index (χ0v) is 7.30. The van der Waals surface area contributed by atoms with Crippen molar-refractivity contribution in [2.24, 2.45) is 11.8 Å². The van der Waals surface area contributed by atoms with Crippen LogP contribution in [0.15, 0.2) is 0 Å². The minimum absolute atomic E-state index is 0.250. The van der Waals surface area contributed by atoms with E-state index >= 15 is 0 Å². The summed E-state index contributed by atoms with van der Waals surface area (Å²) in [6.07, 6.45) is 2.21. The first-order valence-electron chi connectivity index (χ1n) is 4.31.